The lowest BCUT2D eigenvalue weighted by molar-refractivity contribution is -0.132. The second-order valence-corrected chi connectivity index (χ2v) is 10.5. The lowest BCUT2D eigenvalue weighted by Crippen LogP contribution is -2.37. The van der Waals surface area contributed by atoms with Crippen molar-refractivity contribution >= 4 is 39.2 Å². The van der Waals surface area contributed by atoms with Gasteiger partial charge < -0.3 is 20.3 Å². The predicted molar refractivity (Wildman–Crippen MR) is 141 cm³/mol. The van der Waals surface area contributed by atoms with Gasteiger partial charge in [-0.1, -0.05) is 5.21 Å². The molecule has 12 heteroatoms. The molecule has 10 nitrogen and oxygen atoms in total. The number of benzene rings is 1. The van der Waals surface area contributed by atoms with E-state index in [1.807, 2.05) is 11.0 Å². The molecular formula is C26H26FN7O3S. The summed E-state index contributed by atoms with van der Waals surface area (Å²) in [5.41, 5.74) is 1.64. The molecule has 6 rings (SSSR count). The smallest absolute Gasteiger partial charge is 0.319 e. The minimum atomic E-state index is -0.600. The van der Waals surface area contributed by atoms with Gasteiger partial charge in [0.1, 0.15) is 18.0 Å². The fourth-order valence-corrected chi connectivity index (χ4v) is 5.37. The molecule has 1 saturated heterocycles. The Morgan fingerprint density at radius 3 is 2.74 bits per heavy atom. The fourth-order valence-electron chi connectivity index (χ4n) is 4.35. The maximum atomic E-state index is 14.8. The highest BCUT2D eigenvalue weighted by molar-refractivity contribution is 7.22. The molecule has 0 radical (unpaired) electrons. The van der Waals surface area contributed by atoms with Gasteiger partial charge in [0.15, 0.2) is 11.6 Å². The molecule has 1 saturated carbocycles. The summed E-state index contributed by atoms with van der Waals surface area (Å²) < 4.78 is 23.0. The van der Waals surface area contributed by atoms with E-state index in [1.165, 1.54) is 23.5 Å². The van der Waals surface area contributed by atoms with Gasteiger partial charge in [0, 0.05) is 43.1 Å². The maximum absolute atomic E-state index is 14.8. The van der Waals surface area contributed by atoms with Gasteiger partial charge in [-0.3, -0.25) is 9.78 Å². The van der Waals surface area contributed by atoms with Gasteiger partial charge in [-0.15, -0.1) is 16.4 Å². The Labute approximate surface area is 221 Å². The van der Waals surface area contributed by atoms with Crippen LogP contribution in [0.1, 0.15) is 32.1 Å². The molecule has 3 aromatic heterocycles. The zero-order chi connectivity index (χ0) is 26.1. The van der Waals surface area contributed by atoms with Gasteiger partial charge in [-0.2, -0.15) is 0 Å². The number of thiophene rings is 1. The third kappa shape index (κ3) is 5.44. The Kier molecular flexibility index (Phi) is 6.62. The molecule has 1 aromatic carbocycles. The van der Waals surface area contributed by atoms with Crippen LogP contribution in [0.4, 0.5) is 14.9 Å². The molecule has 4 heterocycles. The van der Waals surface area contributed by atoms with Gasteiger partial charge in [0.25, 0.3) is 0 Å². The summed E-state index contributed by atoms with van der Waals surface area (Å²) in [4.78, 5) is 31.6. The van der Waals surface area contributed by atoms with Crippen molar-refractivity contribution in [2.75, 3.05) is 18.4 Å². The molecule has 2 aliphatic rings. The van der Waals surface area contributed by atoms with Crippen molar-refractivity contribution in [3.63, 3.8) is 0 Å². The SMILES string of the molecule is O=C(Nc1ccc(Oc2ccnc3cc(-c4cn(CC(=O)N5CCCCC5)nn4)sc23)c(F)c1)NC1CC1. The normalized spacial score (nSPS) is 15.4. The molecular weight excluding hydrogens is 509 g/mol. The van der Waals surface area contributed by atoms with Crippen LogP contribution >= 0.6 is 11.3 Å². The van der Waals surface area contributed by atoms with Crippen LogP contribution in [0.3, 0.4) is 0 Å². The summed E-state index contributed by atoms with van der Waals surface area (Å²) in [6, 6.07) is 7.69. The Bertz CT molecular complexity index is 1490. The van der Waals surface area contributed by atoms with Gasteiger partial charge in [-0.25, -0.2) is 13.9 Å². The van der Waals surface area contributed by atoms with Crippen molar-refractivity contribution < 1.29 is 18.7 Å². The highest BCUT2D eigenvalue weighted by Crippen LogP contribution is 2.39. The van der Waals surface area contributed by atoms with E-state index >= 15 is 0 Å². The van der Waals surface area contributed by atoms with E-state index in [-0.39, 0.29) is 30.3 Å². The zero-order valence-corrected chi connectivity index (χ0v) is 21.3. The van der Waals surface area contributed by atoms with Crippen LogP contribution in [0.25, 0.3) is 20.8 Å². The Morgan fingerprint density at radius 1 is 1.11 bits per heavy atom. The molecule has 1 aliphatic heterocycles. The van der Waals surface area contributed by atoms with Crippen LogP contribution in [-0.4, -0.2) is 55.9 Å². The Hall–Kier alpha value is -4.06. The van der Waals surface area contributed by atoms with Crippen molar-refractivity contribution in [1.82, 2.24) is 30.2 Å². The van der Waals surface area contributed by atoms with Crippen LogP contribution in [0, 0.1) is 5.82 Å². The number of nitrogens with one attached hydrogen (secondary N) is 2. The van der Waals surface area contributed by atoms with Crippen LogP contribution in [-0.2, 0) is 11.3 Å². The zero-order valence-electron chi connectivity index (χ0n) is 20.5. The second-order valence-electron chi connectivity index (χ2n) is 9.50. The number of amides is 3. The highest BCUT2D eigenvalue weighted by atomic mass is 32.1. The third-order valence-corrected chi connectivity index (χ3v) is 7.66. The fraction of sp³-hybridized carbons (Fsp3) is 0.346. The number of hydrogen-bond donors (Lipinski definition) is 2. The molecule has 0 spiro atoms. The number of ether oxygens (including phenoxy) is 1. The largest absolute Gasteiger partial charge is 0.453 e. The average Bonchev–Trinajstić information content (AvgIpc) is 3.41. The number of hydrogen-bond acceptors (Lipinski definition) is 7. The highest BCUT2D eigenvalue weighted by Gasteiger charge is 2.23. The Balaban J connectivity index is 1.16. The first-order chi connectivity index (χ1) is 18.5. The number of pyridine rings is 1. The van der Waals surface area contributed by atoms with Crippen molar-refractivity contribution in [1.29, 1.82) is 0 Å². The summed E-state index contributed by atoms with van der Waals surface area (Å²) in [6.07, 6.45) is 8.52. The van der Waals surface area contributed by atoms with E-state index in [0.29, 0.717) is 22.6 Å². The van der Waals surface area contributed by atoms with E-state index in [0.717, 1.165) is 54.8 Å². The topological polar surface area (TPSA) is 114 Å². The van der Waals surface area contributed by atoms with Gasteiger partial charge >= 0.3 is 6.03 Å². The lowest BCUT2D eigenvalue weighted by atomic mass is 10.1. The lowest BCUT2D eigenvalue weighted by Gasteiger charge is -2.26. The van der Waals surface area contributed by atoms with Crippen molar-refractivity contribution in [3.05, 3.63) is 48.5 Å². The summed E-state index contributed by atoms with van der Waals surface area (Å²) in [6.45, 7) is 1.73. The minimum absolute atomic E-state index is 0.0303. The Morgan fingerprint density at radius 2 is 1.95 bits per heavy atom. The number of aromatic nitrogens is 4. The minimum Gasteiger partial charge on any atom is -0.453 e. The predicted octanol–water partition coefficient (Wildman–Crippen LogP) is 4.78. The summed E-state index contributed by atoms with van der Waals surface area (Å²) in [5.74, 6) is -0.0771. The van der Waals surface area contributed by atoms with Gasteiger partial charge in [0.2, 0.25) is 5.91 Å². The van der Waals surface area contributed by atoms with Crippen LogP contribution < -0.4 is 15.4 Å². The number of halogens is 1. The number of carbonyl (C=O) groups excluding carboxylic acids is 2. The molecule has 1 aliphatic carbocycles. The first-order valence-electron chi connectivity index (χ1n) is 12.6. The molecule has 2 N–H and O–H groups in total. The van der Waals surface area contributed by atoms with E-state index in [4.69, 9.17) is 4.74 Å². The van der Waals surface area contributed by atoms with Gasteiger partial charge in [0.05, 0.1) is 21.3 Å². The van der Waals surface area contributed by atoms with Crippen LogP contribution in [0.5, 0.6) is 11.5 Å². The number of nitrogens with zero attached hydrogens (tertiary/aromatic N) is 5. The number of likely N-dealkylation sites (tertiary alicyclic amines) is 1. The first-order valence-corrected chi connectivity index (χ1v) is 13.5. The first kappa shape index (κ1) is 24.3. The molecule has 3 amide bonds. The molecule has 196 valence electrons. The quantitative estimate of drug-likeness (QED) is 0.352. The van der Waals surface area contributed by atoms with Gasteiger partial charge in [-0.05, 0) is 50.3 Å². The number of rotatable bonds is 7. The van der Waals surface area contributed by atoms with Crippen molar-refractivity contribution in [2.45, 2.75) is 44.7 Å². The van der Waals surface area contributed by atoms with Crippen molar-refractivity contribution in [2.24, 2.45) is 0 Å². The van der Waals surface area contributed by atoms with Crippen LogP contribution in [0.15, 0.2) is 42.7 Å². The number of urea groups is 1. The number of piperidine rings is 1. The van der Waals surface area contributed by atoms with Crippen LogP contribution in [0.2, 0.25) is 0 Å². The molecule has 4 aromatic rings. The number of fused-ring (bicyclic) bond motifs is 1. The molecule has 0 bridgehead atoms. The summed E-state index contributed by atoms with van der Waals surface area (Å²) in [7, 11) is 0. The second kappa shape index (κ2) is 10.4. The number of carbonyl (C=O) groups is 2. The van der Waals surface area contributed by atoms with E-state index in [2.05, 4.69) is 25.9 Å². The molecule has 38 heavy (non-hydrogen) atoms. The summed E-state index contributed by atoms with van der Waals surface area (Å²) >= 11 is 1.40. The molecule has 0 atom stereocenters. The molecule has 2 fully saturated rings. The number of anilines is 1. The average molecular weight is 536 g/mol. The van der Waals surface area contributed by atoms with Crippen molar-refractivity contribution in [3.8, 4) is 22.1 Å². The third-order valence-electron chi connectivity index (χ3n) is 6.50. The molecule has 0 unspecified atom stereocenters. The van der Waals surface area contributed by atoms with E-state index < -0.39 is 5.82 Å². The maximum Gasteiger partial charge on any atom is 0.319 e. The standard InChI is InChI=1S/C26H26FN7O3S/c27-18-12-17(30-26(36)29-16-4-5-16)6-7-21(18)37-22-8-9-28-19-13-23(38-25(19)22)20-14-34(32-31-20)15-24(35)33-10-2-1-3-11-33/h6-9,12-14,16H,1-5,10-11,15H2,(H2,29,30,36). The summed E-state index contributed by atoms with van der Waals surface area (Å²) in [5, 5.41) is 13.8. The monoisotopic (exact) mass is 535 g/mol. The van der Waals surface area contributed by atoms with E-state index in [1.54, 1.807) is 29.2 Å². The van der Waals surface area contributed by atoms with E-state index in [9.17, 15) is 14.0 Å².